The van der Waals surface area contributed by atoms with E-state index in [9.17, 15) is 0 Å². The fourth-order valence-corrected chi connectivity index (χ4v) is 3.52. The van der Waals surface area contributed by atoms with Gasteiger partial charge in [-0.1, -0.05) is 17.4 Å². The first-order valence-electron chi connectivity index (χ1n) is 7.38. The SMILES string of the molecule is COc1cc(/C=C/c2nn3c(CSC)nnc3s2)cc(OC)c1OC. The Hall–Kier alpha value is -2.26. The van der Waals surface area contributed by atoms with E-state index < -0.39 is 0 Å². The molecule has 7 nitrogen and oxygen atoms in total. The Morgan fingerprint density at radius 1 is 1.08 bits per heavy atom. The molecule has 3 aromatic rings. The van der Waals surface area contributed by atoms with Gasteiger partial charge < -0.3 is 14.2 Å². The maximum Gasteiger partial charge on any atom is 0.234 e. The van der Waals surface area contributed by atoms with Crippen LogP contribution in [0.2, 0.25) is 0 Å². The van der Waals surface area contributed by atoms with Crippen LogP contribution >= 0.6 is 23.1 Å². The van der Waals surface area contributed by atoms with Crippen molar-refractivity contribution >= 4 is 40.2 Å². The van der Waals surface area contributed by atoms with Crippen LogP contribution in [-0.2, 0) is 5.75 Å². The van der Waals surface area contributed by atoms with Crippen molar-refractivity contribution in [3.05, 3.63) is 28.5 Å². The second kappa shape index (κ2) is 7.75. The number of methoxy groups -OCH3 is 3. The Kier molecular flexibility index (Phi) is 5.44. The number of ether oxygens (including phenoxy) is 3. The zero-order chi connectivity index (χ0) is 17.8. The number of aromatic nitrogens is 4. The van der Waals surface area contributed by atoms with Gasteiger partial charge in [0.15, 0.2) is 17.3 Å². The average molecular weight is 378 g/mol. The van der Waals surface area contributed by atoms with E-state index in [1.54, 1.807) is 37.6 Å². The molecule has 0 N–H and O–H groups in total. The summed E-state index contributed by atoms with van der Waals surface area (Å²) in [5, 5.41) is 13.7. The minimum Gasteiger partial charge on any atom is -0.493 e. The van der Waals surface area contributed by atoms with Gasteiger partial charge >= 0.3 is 0 Å². The highest BCUT2D eigenvalue weighted by atomic mass is 32.2. The summed E-state index contributed by atoms with van der Waals surface area (Å²) in [5.74, 6) is 3.43. The maximum absolute atomic E-state index is 5.37. The van der Waals surface area contributed by atoms with Crippen LogP contribution < -0.4 is 14.2 Å². The molecule has 3 rings (SSSR count). The smallest absolute Gasteiger partial charge is 0.234 e. The third-order valence-corrected chi connectivity index (χ3v) is 4.86. The summed E-state index contributed by atoms with van der Waals surface area (Å²) in [6.07, 6.45) is 5.91. The highest BCUT2D eigenvalue weighted by Gasteiger charge is 2.13. The molecular weight excluding hydrogens is 360 g/mol. The van der Waals surface area contributed by atoms with Crippen molar-refractivity contribution in [3.8, 4) is 17.2 Å². The fourth-order valence-electron chi connectivity index (χ4n) is 2.32. The standard InChI is InChI=1S/C16H18N4O3S2/c1-21-11-7-10(8-12(22-2)15(11)23-3)5-6-14-19-20-13(9-24-4)17-18-16(20)25-14/h5-8H,9H2,1-4H3/b6-5+. The fraction of sp³-hybridized carbons (Fsp3) is 0.312. The van der Waals surface area contributed by atoms with E-state index in [0.717, 1.165) is 27.1 Å². The zero-order valence-corrected chi connectivity index (χ0v) is 16.0. The Labute approximate surface area is 153 Å². The van der Waals surface area contributed by atoms with Gasteiger partial charge in [0, 0.05) is 0 Å². The predicted octanol–water partition coefficient (Wildman–Crippen LogP) is 3.25. The van der Waals surface area contributed by atoms with E-state index in [-0.39, 0.29) is 0 Å². The molecule has 0 radical (unpaired) electrons. The summed E-state index contributed by atoms with van der Waals surface area (Å²) in [4.78, 5) is 0.786. The van der Waals surface area contributed by atoms with Crippen LogP contribution in [0.5, 0.6) is 17.2 Å². The van der Waals surface area contributed by atoms with Crippen LogP contribution in [0.25, 0.3) is 17.1 Å². The predicted molar refractivity (Wildman–Crippen MR) is 101 cm³/mol. The lowest BCUT2D eigenvalue weighted by Crippen LogP contribution is -1.95. The number of fused-ring (bicyclic) bond motifs is 1. The van der Waals surface area contributed by atoms with E-state index in [2.05, 4.69) is 15.3 Å². The number of thioether (sulfide) groups is 1. The van der Waals surface area contributed by atoms with Gasteiger partial charge in [0.25, 0.3) is 0 Å². The van der Waals surface area contributed by atoms with Gasteiger partial charge in [0.2, 0.25) is 10.7 Å². The molecule has 0 atom stereocenters. The molecule has 0 fully saturated rings. The molecule has 25 heavy (non-hydrogen) atoms. The Balaban J connectivity index is 1.91. The summed E-state index contributed by atoms with van der Waals surface area (Å²) >= 11 is 3.17. The molecule has 0 aliphatic heterocycles. The van der Waals surface area contributed by atoms with Gasteiger partial charge in [-0.2, -0.15) is 21.4 Å². The molecule has 1 aromatic carbocycles. The van der Waals surface area contributed by atoms with E-state index in [1.165, 1.54) is 11.3 Å². The molecule has 0 spiro atoms. The molecule has 2 heterocycles. The second-order valence-electron chi connectivity index (χ2n) is 4.98. The van der Waals surface area contributed by atoms with Gasteiger partial charge in [0.05, 0.1) is 27.1 Å². The van der Waals surface area contributed by atoms with Crippen LogP contribution in [-0.4, -0.2) is 47.4 Å². The zero-order valence-electron chi connectivity index (χ0n) is 14.3. The van der Waals surface area contributed by atoms with E-state index in [1.807, 2.05) is 30.5 Å². The van der Waals surface area contributed by atoms with Crippen molar-refractivity contribution < 1.29 is 14.2 Å². The highest BCUT2D eigenvalue weighted by Crippen LogP contribution is 2.38. The molecule has 0 saturated heterocycles. The highest BCUT2D eigenvalue weighted by molar-refractivity contribution is 7.97. The lowest BCUT2D eigenvalue weighted by atomic mass is 10.1. The van der Waals surface area contributed by atoms with Crippen LogP contribution in [0, 0.1) is 0 Å². The molecule has 132 valence electrons. The van der Waals surface area contributed by atoms with Crippen molar-refractivity contribution in [1.29, 1.82) is 0 Å². The minimum absolute atomic E-state index is 0.572. The van der Waals surface area contributed by atoms with Crippen LogP contribution in [0.3, 0.4) is 0 Å². The van der Waals surface area contributed by atoms with Gasteiger partial charge in [-0.05, 0) is 30.0 Å². The number of nitrogens with zero attached hydrogens (tertiary/aromatic N) is 4. The van der Waals surface area contributed by atoms with E-state index in [0.29, 0.717) is 17.2 Å². The molecule has 0 saturated carbocycles. The first-order valence-corrected chi connectivity index (χ1v) is 9.59. The topological polar surface area (TPSA) is 70.8 Å². The summed E-state index contributed by atoms with van der Waals surface area (Å²) in [7, 11) is 4.78. The van der Waals surface area contributed by atoms with Crippen LogP contribution in [0.4, 0.5) is 0 Å². The van der Waals surface area contributed by atoms with E-state index >= 15 is 0 Å². The normalized spacial score (nSPS) is 11.4. The quantitative estimate of drug-likeness (QED) is 0.625. The first-order chi connectivity index (χ1) is 12.2. The number of hydrogen-bond donors (Lipinski definition) is 0. The monoisotopic (exact) mass is 378 g/mol. The number of benzene rings is 1. The minimum atomic E-state index is 0.572. The van der Waals surface area contributed by atoms with Crippen molar-refractivity contribution in [2.75, 3.05) is 27.6 Å². The molecule has 2 aromatic heterocycles. The Morgan fingerprint density at radius 2 is 1.80 bits per heavy atom. The lowest BCUT2D eigenvalue weighted by Gasteiger charge is -2.12. The van der Waals surface area contributed by atoms with Crippen LogP contribution in [0.15, 0.2) is 12.1 Å². The van der Waals surface area contributed by atoms with E-state index in [4.69, 9.17) is 14.2 Å². The second-order valence-corrected chi connectivity index (χ2v) is 6.83. The van der Waals surface area contributed by atoms with Crippen molar-refractivity contribution in [2.24, 2.45) is 0 Å². The van der Waals surface area contributed by atoms with Crippen LogP contribution in [0.1, 0.15) is 16.4 Å². The largest absolute Gasteiger partial charge is 0.493 e. The summed E-state index contributed by atoms with van der Waals surface area (Å²) < 4.78 is 17.9. The summed E-state index contributed by atoms with van der Waals surface area (Å²) in [6.45, 7) is 0. The Morgan fingerprint density at radius 3 is 2.40 bits per heavy atom. The van der Waals surface area contributed by atoms with Gasteiger partial charge in [-0.25, -0.2) is 0 Å². The number of hydrogen-bond acceptors (Lipinski definition) is 8. The van der Waals surface area contributed by atoms with Crippen molar-refractivity contribution in [1.82, 2.24) is 19.8 Å². The van der Waals surface area contributed by atoms with Gasteiger partial charge in [-0.3, -0.25) is 0 Å². The molecular formula is C16H18N4O3S2. The van der Waals surface area contributed by atoms with Crippen molar-refractivity contribution in [2.45, 2.75) is 5.75 Å². The van der Waals surface area contributed by atoms with Gasteiger partial charge in [-0.15, -0.1) is 10.2 Å². The first kappa shape index (κ1) is 17.6. The summed E-state index contributed by atoms with van der Waals surface area (Å²) in [6, 6.07) is 3.77. The number of rotatable bonds is 7. The average Bonchev–Trinajstić information content (AvgIpc) is 3.20. The third-order valence-electron chi connectivity index (χ3n) is 3.45. The molecule has 0 aliphatic rings. The molecule has 0 aliphatic carbocycles. The molecule has 9 heteroatoms. The van der Waals surface area contributed by atoms with Gasteiger partial charge in [0.1, 0.15) is 5.01 Å². The summed E-state index contributed by atoms with van der Waals surface area (Å²) in [5.41, 5.74) is 0.921. The Bertz CT molecular complexity index is 879. The lowest BCUT2D eigenvalue weighted by molar-refractivity contribution is 0.324. The molecule has 0 unspecified atom stereocenters. The molecule has 0 amide bonds. The van der Waals surface area contributed by atoms with Crippen molar-refractivity contribution in [3.63, 3.8) is 0 Å². The molecule has 0 bridgehead atoms. The third kappa shape index (κ3) is 3.57. The maximum atomic E-state index is 5.37.